The van der Waals surface area contributed by atoms with E-state index in [1.165, 1.54) is 18.5 Å². The van der Waals surface area contributed by atoms with Crippen LogP contribution >= 0.6 is 0 Å². The molecular formula is C30H33FN6O3. The molecule has 0 saturated carbocycles. The van der Waals surface area contributed by atoms with E-state index in [4.69, 9.17) is 9.47 Å². The molecule has 10 heteroatoms. The molecule has 3 aromatic carbocycles. The largest absolute Gasteiger partial charge is 0.493 e. The molecule has 0 radical (unpaired) electrons. The van der Waals surface area contributed by atoms with E-state index in [0.717, 1.165) is 52.6 Å². The summed E-state index contributed by atoms with van der Waals surface area (Å²) in [6.07, 6.45) is 4.13. The van der Waals surface area contributed by atoms with Gasteiger partial charge in [0.25, 0.3) is 0 Å². The second-order valence-corrected chi connectivity index (χ2v) is 9.43. The number of aliphatic hydroxyl groups is 1. The summed E-state index contributed by atoms with van der Waals surface area (Å²) in [5.74, 6) is 1.60. The molecular weight excluding hydrogens is 511 g/mol. The first-order valence-corrected chi connectivity index (χ1v) is 13.3. The summed E-state index contributed by atoms with van der Waals surface area (Å²) < 4.78 is 27.1. The number of benzene rings is 3. The fraction of sp³-hybridized carbons (Fsp3) is 0.300. The van der Waals surface area contributed by atoms with Crippen LogP contribution in [-0.2, 0) is 6.54 Å². The van der Waals surface area contributed by atoms with Crippen LogP contribution in [0.3, 0.4) is 0 Å². The van der Waals surface area contributed by atoms with Gasteiger partial charge in [-0.3, -0.25) is 4.68 Å². The Morgan fingerprint density at radius 3 is 2.75 bits per heavy atom. The van der Waals surface area contributed by atoms with E-state index in [1.54, 1.807) is 19.4 Å². The Morgan fingerprint density at radius 2 is 1.95 bits per heavy atom. The first kappa shape index (κ1) is 27.3. The lowest BCUT2D eigenvalue weighted by Crippen LogP contribution is -2.28. The maximum Gasteiger partial charge on any atom is 0.162 e. The van der Waals surface area contributed by atoms with Gasteiger partial charge < -0.3 is 24.8 Å². The molecule has 2 heterocycles. The van der Waals surface area contributed by atoms with E-state index in [-0.39, 0.29) is 12.4 Å². The van der Waals surface area contributed by atoms with Gasteiger partial charge in [-0.1, -0.05) is 19.1 Å². The van der Waals surface area contributed by atoms with Crippen molar-refractivity contribution in [1.29, 1.82) is 0 Å². The zero-order chi connectivity index (χ0) is 27.9. The van der Waals surface area contributed by atoms with Crippen LogP contribution in [0.25, 0.3) is 21.8 Å². The van der Waals surface area contributed by atoms with Gasteiger partial charge in [0.05, 0.1) is 44.1 Å². The summed E-state index contributed by atoms with van der Waals surface area (Å²) in [7, 11) is 1.61. The number of methoxy groups -OCH3 is 1. The number of fused-ring (bicyclic) bond motifs is 2. The van der Waals surface area contributed by atoms with Crippen molar-refractivity contribution in [2.24, 2.45) is 0 Å². The van der Waals surface area contributed by atoms with Gasteiger partial charge in [0.1, 0.15) is 18.0 Å². The summed E-state index contributed by atoms with van der Waals surface area (Å²) in [5.41, 5.74) is 3.37. The highest BCUT2D eigenvalue weighted by molar-refractivity contribution is 5.94. The molecule has 0 saturated heterocycles. The Labute approximate surface area is 232 Å². The standard InChI is InChI=1S/C30H33FN6O3/c1-3-36(11-12-38)10-5-13-40-29-16-25-26(17-28(29)39-2)32-20-33-30(25)35-24-8-9-27-22(15-24)18-34-37(27)19-21-6-4-7-23(31)14-21/h4,6-9,14-18,20,38H,3,5,10-13,19H2,1-2H3,(H,32,33,35). The van der Waals surface area contributed by atoms with E-state index in [9.17, 15) is 9.50 Å². The number of nitrogens with zero attached hydrogens (tertiary/aromatic N) is 5. The number of ether oxygens (including phenoxy) is 2. The number of halogens is 1. The van der Waals surface area contributed by atoms with Gasteiger partial charge >= 0.3 is 0 Å². The highest BCUT2D eigenvalue weighted by Gasteiger charge is 2.13. The van der Waals surface area contributed by atoms with Crippen LogP contribution in [0, 0.1) is 5.82 Å². The highest BCUT2D eigenvalue weighted by Crippen LogP contribution is 2.35. The minimum Gasteiger partial charge on any atom is -0.493 e. The number of aliphatic hydroxyl groups excluding tert-OH is 1. The van der Waals surface area contributed by atoms with Gasteiger partial charge in [-0.25, -0.2) is 14.4 Å². The molecule has 0 atom stereocenters. The Balaban J connectivity index is 1.34. The van der Waals surface area contributed by atoms with Gasteiger partial charge in [0.2, 0.25) is 0 Å². The molecule has 0 aliphatic carbocycles. The molecule has 0 unspecified atom stereocenters. The van der Waals surface area contributed by atoms with Gasteiger partial charge in [-0.05, 0) is 54.9 Å². The van der Waals surface area contributed by atoms with Gasteiger partial charge in [0.15, 0.2) is 11.5 Å². The van der Waals surface area contributed by atoms with Crippen molar-refractivity contribution in [2.75, 3.05) is 45.3 Å². The van der Waals surface area contributed by atoms with Crippen LogP contribution in [0.1, 0.15) is 18.9 Å². The van der Waals surface area contributed by atoms with Crippen molar-refractivity contribution in [1.82, 2.24) is 24.6 Å². The SMILES string of the molecule is CCN(CCO)CCCOc1cc2c(Nc3ccc4c(cnn4Cc4cccc(F)c4)c3)ncnc2cc1OC. The smallest absolute Gasteiger partial charge is 0.162 e. The molecule has 0 aliphatic rings. The molecule has 5 rings (SSSR count). The van der Waals surface area contributed by atoms with Crippen molar-refractivity contribution in [2.45, 2.75) is 19.9 Å². The first-order valence-electron chi connectivity index (χ1n) is 13.3. The van der Waals surface area contributed by atoms with Crippen molar-refractivity contribution in [3.05, 3.63) is 78.5 Å². The van der Waals surface area contributed by atoms with Crippen LogP contribution in [0.2, 0.25) is 0 Å². The minimum absolute atomic E-state index is 0.146. The summed E-state index contributed by atoms with van der Waals surface area (Å²) in [6.45, 7) is 5.59. The summed E-state index contributed by atoms with van der Waals surface area (Å²) in [5, 5.41) is 18.9. The lowest BCUT2D eigenvalue weighted by atomic mass is 10.2. The molecule has 0 spiro atoms. The molecule has 2 N–H and O–H groups in total. The van der Waals surface area contributed by atoms with E-state index in [1.807, 2.05) is 41.1 Å². The lowest BCUT2D eigenvalue weighted by molar-refractivity contribution is 0.188. The van der Waals surface area contributed by atoms with Crippen molar-refractivity contribution in [3.63, 3.8) is 0 Å². The predicted molar refractivity (Wildman–Crippen MR) is 154 cm³/mol. The number of hydrogen-bond acceptors (Lipinski definition) is 8. The monoisotopic (exact) mass is 544 g/mol. The minimum atomic E-state index is -0.259. The zero-order valence-corrected chi connectivity index (χ0v) is 22.7. The Bertz CT molecular complexity index is 1590. The van der Waals surface area contributed by atoms with Gasteiger partial charge in [-0.2, -0.15) is 5.10 Å². The average molecular weight is 545 g/mol. The van der Waals surface area contributed by atoms with Gasteiger partial charge in [-0.15, -0.1) is 0 Å². The van der Waals surface area contributed by atoms with Crippen LogP contribution in [0.15, 0.2) is 67.1 Å². The molecule has 0 bridgehead atoms. The van der Waals surface area contributed by atoms with Crippen molar-refractivity contribution >= 4 is 33.3 Å². The summed E-state index contributed by atoms with van der Waals surface area (Å²) >= 11 is 0. The fourth-order valence-corrected chi connectivity index (χ4v) is 4.71. The molecule has 2 aromatic heterocycles. The van der Waals surface area contributed by atoms with E-state index in [0.29, 0.717) is 37.0 Å². The van der Waals surface area contributed by atoms with E-state index in [2.05, 4.69) is 32.2 Å². The number of rotatable bonds is 13. The third kappa shape index (κ3) is 6.30. The van der Waals surface area contributed by atoms with Crippen LogP contribution in [0.4, 0.5) is 15.9 Å². The number of nitrogens with one attached hydrogen (secondary N) is 1. The number of aromatic nitrogens is 4. The average Bonchev–Trinajstić information content (AvgIpc) is 3.36. The van der Waals surface area contributed by atoms with Crippen LogP contribution in [-0.4, -0.2) is 69.7 Å². The Morgan fingerprint density at radius 1 is 1.05 bits per heavy atom. The van der Waals surface area contributed by atoms with E-state index < -0.39 is 0 Å². The third-order valence-corrected chi connectivity index (χ3v) is 6.79. The second-order valence-electron chi connectivity index (χ2n) is 9.43. The highest BCUT2D eigenvalue weighted by atomic mass is 19.1. The Kier molecular flexibility index (Phi) is 8.68. The van der Waals surface area contributed by atoms with Crippen molar-refractivity contribution in [3.8, 4) is 11.5 Å². The molecule has 9 nitrogen and oxygen atoms in total. The maximum absolute atomic E-state index is 13.6. The molecule has 40 heavy (non-hydrogen) atoms. The molecule has 0 fully saturated rings. The van der Waals surface area contributed by atoms with Gasteiger partial charge in [0, 0.05) is 35.6 Å². The Hall–Kier alpha value is -4.28. The third-order valence-electron chi connectivity index (χ3n) is 6.79. The van der Waals surface area contributed by atoms with E-state index >= 15 is 0 Å². The fourth-order valence-electron chi connectivity index (χ4n) is 4.71. The lowest BCUT2D eigenvalue weighted by Gasteiger charge is -2.19. The quantitative estimate of drug-likeness (QED) is 0.200. The topological polar surface area (TPSA) is 97.6 Å². The zero-order valence-electron chi connectivity index (χ0n) is 22.7. The van der Waals surface area contributed by atoms with Crippen LogP contribution < -0.4 is 14.8 Å². The molecule has 5 aromatic rings. The second kappa shape index (κ2) is 12.7. The van der Waals surface area contributed by atoms with Crippen molar-refractivity contribution < 1.29 is 19.0 Å². The summed E-state index contributed by atoms with van der Waals surface area (Å²) in [4.78, 5) is 11.1. The molecule has 208 valence electrons. The molecule has 0 amide bonds. The summed E-state index contributed by atoms with van der Waals surface area (Å²) in [6, 6.07) is 16.3. The normalized spacial score (nSPS) is 11.4. The maximum atomic E-state index is 13.6. The first-order chi connectivity index (χ1) is 19.6. The number of hydrogen-bond donors (Lipinski definition) is 2. The number of likely N-dealkylation sites (N-methyl/N-ethyl adjacent to an activating group) is 1. The van der Waals surface area contributed by atoms with Crippen LogP contribution in [0.5, 0.6) is 11.5 Å². The predicted octanol–water partition coefficient (Wildman–Crippen LogP) is 5.00. The number of anilines is 2. The molecule has 0 aliphatic heterocycles.